The molecule has 0 radical (unpaired) electrons. The van der Waals surface area contributed by atoms with Gasteiger partial charge in [0.05, 0.1) is 6.10 Å². The largest absolute Gasteiger partial charge is 0.378 e. The average molecular weight is 178 g/mol. The maximum atomic E-state index is 5.90. The number of hydrogen-bond donors (Lipinski definition) is 0. The van der Waals surface area contributed by atoms with Crippen LogP contribution in [0.2, 0.25) is 0 Å². The summed E-state index contributed by atoms with van der Waals surface area (Å²) in [6.45, 7) is 3.23. The Morgan fingerprint density at radius 2 is 2.38 bits per heavy atom. The van der Waals surface area contributed by atoms with Gasteiger partial charge in [-0.25, -0.2) is 0 Å². The van der Waals surface area contributed by atoms with E-state index in [0.29, 0.717) is 6.10 Å². The third kappa shape index (κ3) is 1.03. The zero-order valence-electron chi connectivity index (χ0n) is 8.33. The van der Waals surface area contributed by atoms with E-state index in [1.807, 2.05) is 0 Å². The first-order chi connectivity index (χ1) is 6.40. The summed E-state index contributed by atoms with van der Waals surface area (Å²) in [5.41, 5.74) is 1.73. The lowest BCUT2D eigenvalue weighted by Gasteiger charge is -2.36. The predicted octanol–water partition coefficient (Wildman–Crippen LogP) is 2.77. The van der Waals surface area contributed by atoms with Gasteiger partial charge in [-0.3, -0.25) is 0 Å². The Bertz CT molecular complexity index is 244. The van der Waals surface area contributed by atoms with Gasteiger partial charge in [0.2, 0.25) is 0 Å². The van der Waals surface area contributed by atoms with Crippen LogP contribution in [0.4, 0.5) is 0 Å². The molecule has 2 aliphatic carbocycles. The molecular weight excluding hydrogens is 160 g/mol. The van der Waals surface area contributed by atoms with Crippen molar-refractivity contribution in [3.8, 4) is 0 Å². The third-order valence-corrected chi connectivity index (χ3v) is 4.30. The molecule has 2 bridgehead atoms. The highest BCUT2D eigenvalue weighted by Gasteiger charge is 2.51. The minimum Gasteiger partial charge on any atom is -0.378 e. The van der Waals surface area contributed by atoms with Crippen LogP contribution in [0.5, 0.6) is 0 Å². The zero-order chi connectivity index (χ0) is 8.84. The minimum atomic E-state index is 0.641. The number of fused-ring (bicyclic) bond motifs is 5. The molecule has 3 aliphatic rings. The number of ether oxygens (including phenoxy) is 1. The summed E-state index contributed by atoms with van der Waals surface area (Å²) in [6.07, 6.45) is 8.47. The Morgan fingerprint density at radius 1 is 1.46 bits per heavy atom. The maximum absolute atomic E-state index is 5.90. The van der Waals surface area contributed by atoms with Gasteiger partial charge in [0.1, 0.15) is 0 Å². The minimum absolute atomic E-state index is 0.641. The molecular formula is C12H18O. The molecule has 1 nitrogen and oxygen atoms in total. The van der Waals surface area contributed by atoms with E-state index in [1.165, 1.54) is 25.7 Å². The topological polar surface area (TPSA) is 9.23 Å². The van der Waals surface area contributed by atoms with Crippen LogP contribution in [-0.2, 0) is 4.74 Å². The quantitative estimate of drug-likeness (QED) is 0.518. The second-order valence-corrected chi connectivity index (χ2v) is 4.81. The van der Waals surface area contributed by atoms with Gasteiger partial charge in [-0.15, -0.1) is 0 Å². The lowest BCUT2D eigenvalue weighted by atomic mass is 9.79. The van der Waals surface area contributed by atoms with Crippen molar-refractivity contribution in [3.05, 3.63) is 11.6 Å². The Hall–Kier alpha value is -0.300. The van der Waals surface area contributed by atoms with E-state index in [2.05, 4.69) is 13.0 Å². The van der Waals surface area contributed by atoms with Crippen LogP contribution in [-0.4, -0.2) is 12.7 Å². The van der Waals surface area contributed by atoms with Gasteiger partial charge in [0.15, 0.2) is 0 Å². The monoisotopic (exact) mass is 178 g/mol. The molecule has 0 aromatic rings. The first kappa shape index (κ1) is 8.05. The van der Waals surface area contributed by atoms with Crippen LogP contribution in [0.25, 0.3) is 0 Å². The molecule has 0 N–H and O–H groups in total. The van der Waals surface area contributed by atoms with Crippen molar-refractivity contribution in [1.29, 1.82) is 0 Å². The van der Waals surface area contributed by atoms with Crippen LogP contribution in [0.3, 0.4) is 0 Å². The van der Waals surface area contributed by atoms with Crippen molar-refractivity contribution >= 4 is 0 Å². The molecule has 0 amide bonds. The summed E-state index contributed by atoms with van der Waals surface area (Å²) in [4.78, 5) is 0. The molecule has 0 spiro atoms. The van der Waals surface area contributed by atoms with Gasteiger partial charge in [-0.1, -0.05) is 11.6 Å². The molecule has 13 heavy (non-hydrogen) atoms. The van der Waals surface area contributed by atoms with Crippen molar-refractivity contribution in [1.82, 2.24) is 0 Å². The predicted molar refractivity (Wildman–Crippen MR) is 52.4 cm³/mol. The molecule has 72 valence electrons. The fourth-order valence-electron chi connectivity index (χ4n) is 3.79. The van der Waals surface area contributed by atoms with Gasteiger partial charge in [0, 0.05) is 6.61 Å². The highest BCUT2D eigenvalue weighted by molar-refractivity contribution is 5.21. The average Bonchev–Trinajstić information content (AvgIpc) is 2.75. The molecule has 1 saturated heterocycles. The second kappa shape index (κ2) is 2.84. The van der Waals surface area contributed by atoms with Crippen LogP contribution >= 0.6 is 0 Å². The molecule has 2 saturated carbocycles. The summed E-state index contributed by atoms with van der Waals surface area (Å²) in [7, 11) is 0. The van der Waals surface area contributed by atoms with Crippen LogP contribution in [0.15, 0.2) is 11.6 Å². The van der Waals surface area contributed by atoms with E-state index in [-0.39, 0.29) is 0 Å². The fourth-order valence-corrected chi connectivity index (χ4v) is 3.79. The molecule has 4 unspecified atom stereocenters. The highest BCUT2D eigenvalue weighted by Crippen LogP contribution is 2.55. The first-order valence-corrected chi connectivity index (χ1v) is 5.67. The van der Waals surface area contributed by atoms with Crippen molar-refractivity contribution < 1.29 is 4.74 Å². The van der Waals surface area contributed by atoms with Crippen LogP contribution in [0, 0.1) is 17.8 Å². The standard InChI is InChI=1S/C12H18O/c1-2-8-6-9-7-11(8)10-4-3-5-13-12(9)10/h2,9-12H,3-7H2,1H3. The Labute approximate surface area is 80.2 Å². The third-order valence-electron chi connectivity index (χ3n) is 4.30. The summed E-state index contributed by atoms with van der Waals surface area (Å²) in [5, 5.41) is 0. The normalized spacial score (nSPS) is 51.3. The summed E-state index contributed by atoms with van der Waals surface area (Å²) in [6, 6.07) is 0. The van der Waals surface area contributed by atoms with Crippen molar-refractivity contribution in [2.45, 2.75) is 38.7 Å². The Balaban J connectivity index is 1.87. The number of allylic oxidation sites excluding steroid dienone is 2. The van der Waals surface area contributed by atoms with Crippen molar-refractivity contribution in [2.24, 2.45) is 17.8 Å². The molecule has 4 atom stereocenters. The maximum Gasteiger partial charge on any atom is 0.0640 e. The summed E-state index contributed by atoms with van der Waals surface area (Å²) in [5.74, 6) is 2.67. The second-order valence-electron chi connectivity index (χ2n) is 4.81. The Kier molecular flexibility index (Phi) is 1.76. The van der Waals surface area contributed by atoms with Gasteiger partial charge >= 0.3 is 0 Å². The van der Waals surface area contributed by atoms with E-state index in [4.69, 9.17) is 4.74 Å². The lowest BCUT2D eigenvalue weighted by molar-refractivity contribution is -0.0458. The van der Waals surface area contributed by atoms with E-state index in [0.717, 1.165) is 24.4 Å². The molecule has 1 heteroatoms. The smallest absolute Gasteiger partial charge is 0.0640 e. The molecule has 0 aromatic carbocycles. The molecule has 1 heterocycles. The first-order valence-electron chi connectivity index (χ1n) is 5.67. The summed E-state index contributed by atoms with van der Waals surface area (Å²) < 4.78 is 5.90. The lowest BCUT2D eigenvalue weighted by Crippen LogP contribution is -2.35. The highest BCUT2D eigenvalue weighted by atomic mass is 16.5. The zero-order valence-corrected chi connectivity index (χ0v) is 8.33. The van der Waals surface area contributed by atoms with E-state index < -0.39 is 0 Å². The van der Waals surface area contributed by atoms with Gasteiger partial charge in [-0.05, 0) is 50.4 Å². The summed E-state index contributed by atoms with van der Waals surface area (Å²) >= 11 is 0. The van der Waals surface area contributed by atoms with Crippen LogP contribution in [0.1, 0.15) is 32.6 Å². The van der Waals surface area contributed by atoms with E-state index in [9.17, 15) is 0 Å². The van der Waals surface area contributed by atoms with E-state index in [1.54, 1.807) is 5.57 Å². The van der Waals surface area contributed by atoms with Gasteiger partial charge < -0.3 is 4.74 Å². The van der Waals surface area contributed by atoms with Gasteiger partial charge in [0.25, 0.3) is 0 Å². The molecule has 1 aliphatic heterocycles. The SMILES string of the molecule is CC=C1CC2CC1C1CCCOC21. The number of hydrogen-bond acceptors (Lipinski definition) is 1. The van der Waals surface area contributed by atoms with Gasteiger partial charge in [-0.2, -0.15) is 0 Å². The fraction of sp³-hybridized carbons (Fsp3) is 0.833. The molecule has 0 aromatic heterocycles. The molecule has 3 fully saturated rings. The van der Waals surface area contributed by atoms with Crippen LogP contribution < -0.4 is 0 Å². The van der Waals surface area contributed by atoms with Crippen molar-refractivity contribution in [3.63, 3.8) is 0 Å². The van der Waals surface area contributed by atoms with E-state index >= 15 is 0 Å². The Morgan fingerprint density at radius 3 is 3.23 bits per heavy atom. The molecule has 3 rings (SSSR count). The number of rotatable bonds is 0. The van der Waals surface area contributed by atoms with Crippen molar-refractivity contribution in [2.75, 3.05) is 6.61 Å².